The van der Waals surface area contributed by atoms with Crippen molar-refractivity contribution in [3.05, 3.63) is 35.4 Å². The number of rotatable bonds is 8. The summed E-state index contributed by atoms with van der Waals surface area (Å²) >= 11 is 0. The fourth-order valence-electron chi connectivity index (χ4n) is 2.83. The molecule has 3 rings (SSSR count). The lowest BCUT2D eigenvalue weighted by atomic mass is 10.1. The Hall–Kier alpha value is -0.860. The summed E-state index contributed by atoms with van der Waals surface area (Å²) in [7, 11) is 0. The lowest BCUT2D eigenvalue weighted by molar-refractivity contribution is 0.243. The fraction of sp³-hybridized carbons (Fsp3) is 0.667. The molecule has 20 heavy (non-hydrogen) atoms. The molecule has 0 unspecified atom stereocenters. The second-order valence-corrected chi connectivity index (χ2v) is 6.91. The first kappa shape index (κ1) is 14.1. The van der Waals surface area contributed by atoms with Gasteiger partial charge in [-0.2, -0.15) is 0 Å². The molecule has 2 aliphatic carbocycles. The number of hydrogen-bond donors (Lipinski definition) is 1. The molecule has 1 aromatic rings. The Kier molecular flexibility index (Phi) is 4.42. The zero-order valence-electron chi connectivity index (χ0n) is 12.9. The maximum Gasteiger partial charge on any atom is 0.0240 e. The smallest absolute Gasteiger partial charge is 0.0240 e. The van der Waals surface area contributed by atoms with E-state index in [2.05, 4.69) is 48.3 Å². The van der Waals surface area contributed by atoms with E-state index < -0.39 is 0 Å². The van der Waals surface area contributed by atoms with E-state index in [1.807, 2.05) is 0 Å². The monoisotopic (exact) mass is 272 g/mol. The highest BCUT2D eigenvalue weighted by Gasteiger charge is 2.33. The molecule has 2 heteroatoms. The van der Waals surface area contributed by atoms with Crippen molar-refractivity contribution < 1.29 is 0 Å². The van der Waals surface area contributed by atoms with Crippen LogP contribution in [0.4, 0.5) is 0 Å². The van der Waals surface area contributed by atoms with Gasteiger partial charge in [0, 0.05) is 31.7 Å². The summed E-state index contributed by atoms with van der Waals surface area (Å²) in [6.07, 6.45) is 5.75. The molecule has 0 spiro atoms. The Labute approximate surface area is 123 Å². The number of benzene rings is 1. The highest BCUT2D eigenvalue weighted by Crippen LogP contribution is 2.35. The molecule has 0 bridgehead atoms. The molecule has 0 aromatic heterocycles. The van der Waals surface area contributed by atoms with E-state index in [1.54, 1.807) is 0 Å². The topological polar surface area (TPSA) is 15.3 Å². The predicted molar refractivity (Wildman–Crippen MR) is 84.6 cm³/mol. The molecule has 2 aliphatic rings. The summed E-state index contributed by atoms with van der Waals surface area (Å²) in [6.45, 7) is 7.90. The minimum absolute atomic E-state index is 0.550. The van der Waals surface area contributed by atoms with Gasteiger partial charge in [0.2, 0.25) is 0 Å². The number of hydrogen-bond acceptors (Lipinski definition) is 2. The van der Waals surface area contributed by atoms with Crippen molar-refractivity contribution in [2.24, 2.45) is 5.92 Å². The summed E-state index contributed by atoms with van der Waals surface area (Å²) in [5.74, 6) is 0.997. The molecule has 0 heterocycles. The van der Waals surface area contributed by atoms with E-state index in [4.69, 9.17) is 0 Å². The summed E-state index contributed by atoms with van der Waals surface area (Å²) in [5, 5.41) is 3.55. The summed E-state index contributed by atoms with van der Waals surface area (Å²) in [6, 6.07) is 10.4. The molecule has 1 aromatic carbocycles. The van der Waals surface area contributed by atoms with Crippen molar-refractivity contribution >= 4 is 0 Å². The van der Waals surface area contributed by atoms with Crippen LogP contribution in [-0.2, 0) is 13.1 Å². The van der Waals surface area contributed by atoms with Crippen LogP contribution in [0.2, 0.25) is 0 Å². The van der Waals surface area contributed by atoms with Gasteiger partial charge in [-0.3, -0.25) is 4.90 Å². The Morgan fingerprint density at radius 1 is 1.10 bits per heavy atom. The van der Waals surface area contributed by atoms with Crippen LogP contribution in [0.15, 0.2) is 24.3 Å². The van der Waals surface area contributed by atoms with Crippen molar-refractivity contribution in [1.29, 1.82) is 0 Å². The summed E-state index contributed by atoms with van der Waals surface area (Å²) in [4.78, 5) is 2.74. The first-order valence-corrected chi connectivity index (χ1v) is 8.26. The van der Waals surface area contributed by atoms with Crippen molar-refractivity contribution in [2.45, 2.75) is 64.7 Å². The molecule has 1 N–H and O–H groups in total. The van der Waals surface area contributed by atoms with E-state index in [1.165, 1.54) is 43.4 Å². The second-order valence-electron chi connectivity index (χ2n) is 6.91. The second kappa shape index (κ2) is 6.28. The summed E-state index contributed by atoms with van der Waals surface area (Å²) in [5.41, 5.74) is 3.00. The molecule has 2 saturated carbocycles. The van der Waals surface area contributed by atoms with Gasteiger partial charge in [-0.05, 0) is 42.7 Å². The van der Waals surface area contributed by atoms with Gasteiger partial charge in [-0.15, -0.1) is 0 Å². The molecule has 2 fully saturated rings. The van der Waals surface area contributed by atoms with Gasteiger partial charge in [0.25, 0.3) is 0 Å². The molecular formula is C18H28N2. The SMILES string of the molecule is CC(C)NCc1ccccc1CN(CC1CC1)C1CC1. The Bertz CT molecular complexity index is 433. The van der Waals surface area contributed by atoms with Crippen molar-refractivity contribution in [1.82, 2.24) is 10.2 Å². The first-order valence-electron chi connectivity index (χ1n) is 8.26. The lowest BCUT2D eigenvalue weighted by Gasteiger charge is -2.23. The Balaban J connectivity index is 1.64. The Morgan fingerprint density at radius 3 is 2.40 bits per heavy atom. The van der Waals surface area contributed by atoms with Crippen LogP contribution in [0.1, 0.15) is 50.7 Å². The molecule has 0 aliphatic heterocycles. The lowest BCUT2D eigenvalue weighted by Crippen LogP contribution is -2.29. The van der Waals surface area contributed by atoms with Crippen LogP contribution < -0.4 is 5.32 Å². The van der Waals surface area contributed by atoms with Gasteiger partial charge in [0.1, 0.15) is 0 Å². The molecule has 2 nitrogen and oxygen atoms in total. The highest BCUT2D eigenvalue weighted by atomic mass is 15.2. The molecular weight excluding hydrogens is 244 g/mol. The minimum Gasteiger partial charge on any atom is -0.310 e. The zero-order chi connectivity index (χ0) is 13.9. The van der Waals surface area contributed by atoms with Crippen LogP contribution in [0.5, 0.6) is 0 Å². The van der Waals surface area contributed by atoms with Crippen molar-refractivity contribution in [3.63, 3.8) is 0 Å². The van der Waals surface area contributed by atoms with Gasteiger partial charge in [-0.25, -0.2) is 0 Å². The van der Waals surface area contributed by atoms with E-state index in [9.17, 15) is 0 Å². The van der Waals surface area contributed by atoms with Gasteiger partial charge in [0.15, 0.2) is 0 Å². The highest BCUT2D eigenvalue weighted by molar-refractivity contribution is 5.27. The Morgan fingerprint density at radius 2 is 1.80 bits per heavy atom. The van der Waals surface area contributed by atoms with E-state index in [0.29, 0.717) is 6.04 Å². The van der Waals surface area contributed by atoms with Crippen LogP contribution >= 0.6 is 0 Å². The van der Waals surface area contributed by atoms with Gasteiger partial charge in [0.05, 0.1) is 0 Å². The van der Waals surface area contributed by atoms with Gasteiger partial charge in [-0.1, -0.05) is 38.1 Å². The molecule has 110 valence electrons. The first-order chi connectivity index (χ1) is 9.72. The molecule has 0 amide bonds. The molecule has 0 atom stereocenters. The summed E-state index contributed by atoms with van der Waals surface area (Å²) < 4.78 is 0. The van der Waals surface area contributed by atoms with E-state index in [0.717, 1.165) is 25.0 Å². The molecule has 0 saturated heterocycles. The zero-order valence-corrected chi connectivity index (χ0v) is 12.9. The van der Waals surface area contributed by atoms with Crippen LogP contribution in [0, 0.1) is 5.92 Å². The van der Waals surface area contributed by atoms with Crippen LogP contribution in [-0.4, -0.2) is 23.5 Å². The number of nitrogens with zero attached hydrogens (tertiary/aromatic N) is 1. The van der Waals surface area contributed by atoms with Crippen molar-refractivity contribution in [3.8, 4) is 0 Å². The standard InChI is InChI=1S/C18H28N2/c1-14(2)19-11-16-5-3-4-6-17(16)13-20(18-9-10-18)12-15-7-8-15/h3-6,14-15,18-19H,7-13H2,1-2H3. The maximum absolute atomic E-state index is 3.55. The third-order valence-corrected chi connectivity index (χ3v) is 4.45. The van der Waals surface area contributed by atoms with Gasteiger partial charge >= 0.3 is 0 Å². The normalized spacial score (nSPS) is 19.0. The maximum atomic E-state index is 3.55. The van der Waals surface area contributed by atoms with E-state index >= 15 is 0 Å². The largest absolute Gasteiger partial charge is 0.310 e. The quantitative estimate of drug-likeness (QED) is 0.778. The molecule has 0 radical (unpaired) electrons. The minimum atomic E-state index is 0.550. The number of nitrogens with one attached hydrogen (secondary N) is 1. The third kappa shape index (κ3) is 4.07. The van der Waals surface area contributed by atoms with Crippen LogP contribution in [0.3, 0.4) is 0 Å². The average molecular weight is 272 g/mol. The van der Waals surface area contributed by atoms with Crippen molar-refractivity contribution in [2.75, 3.05) is 6.54 Å². The fourth-order valence-corrected chi connectivity index (χ4v) is 2.83. The van der Waals surface area contributed by atoms with Crippen LogP contribution in [0.25, 0.3) is 0 Å². The third-order valence-electron chi connectivity index (χ3n) is 4.45. The van der Waals surface area contributed by atoms with Gasteiger partial charge < -0.3 is 5.32 Å². The van der Waals surface area contributed by atoms with E-state index in [-0.39, 0.29) is 0 Å². The average Bonchev–Trinajstić information content (AvgIpc) is 3.28. The predicted octanol–water partition coefficient (Wildman–Crippen LogP) is 3.56.